The lowest BCUT2D eigenvalue weighted by Gasteiger charge is -2.25. The molecule has 1 heterocycles. The minimum Gasteiger partial charge on any atom is -0.397 e. The average Bonchev–Trinajstić information content (AvgIpc) is 2.67. The summed E-state index contributed by atoms with van der Waals surface area (Å²) >= 11 is 0. The third-order valence-corrected chi connectivity index (χ3v) is 2.96. The third kappa shape index (κ3) is 2.26. The zero-order valence-electron chi connectivity index (χ0n) is 11.0. The number of anilines is 2. The third-order valence-electron chi connectivity index (χ3n) is 2.96. The Morgan fingerprint density at radius 3 is 2.83 bits per heavy atom. The van der Waals surface area contributed by atoms with E-state index in [-0.39, 0.29) is 5.91 Å². The molecular formula is C13H19N3O2. The summed E-state index contributed by atoms with van der Waals surface area (Å²) in [5, 5.41) is 4.55. The first-order valence-electron chi connectivity index (χ1n) is 6.05. The maximum absolute atomic E-state index is 11.5. The van der Waals surface area contributed by atoms with Gasteiger partial charge >= 0.3 is 0 Å². The van der Waals surface area contributed by atoms with Crippen LogP contribution in [0.1, 0.15) is 29.8 Å². The molecule has 3 N–H and O–H groups in total. The quantitative estimate of drug-likeness (QED) is 0.627. The van der Waals surface area contributed by atoms with Crippen LogP contribution < -0.4 is 16.1 Å². The molecule has 1 aliphatic rings. The van der Waals surface area contributed by atoms with Crippen molar-refractivity contribution in [1.29, 1.82) is 0 Å². The van der Waals surface area contributed by atoms with Gasteiger partial charge in [0.1, 0.15) is 0 Å². The molecule has 0 fully saturated rings. The number of nitrogens with one attached hydrogen (secondary N) is 1. The maximum Gasteiger partial charge on any atom is 0.251 e. The van der Waals surface area contributed by atoms with Gasteiger partial charge in [0, 0.05) is 18.7 Å². The molecule has 0 unspecified atom stereocenters. The predicted molar refractivity (Wildman–Crippen MR) is 71.2 cm³/mol. The highest BCUT2D eigenvalue weighted by Gasteiger charge is 2.22. The van der Waals surface area contributed by atoms with Crippen LogP contribution in [-0.2, 0) is 11.4 Å². The fourth-order valence-electron chi connectivity index (χ4n) is 2.10. The summed E-state index contributed by atoms with van der Waals surface area (Å²) in [5.41, 5.74) is 9.02. The van der Waals surface area contributed by atoms with E-state index < -0.39 is 0 Å². The molecule has 5 nitrogen and oxygen atoms in total. The van der Waals surface area contributed by atoms with Crippen LogP contribution in [0, 0.1) is 5.92 Å². The van der Waals surface area contributed by atoms with Crippen LogP contribution in [0.15, 0.2) is 12.1 Å². The fourth-order valence-corrected chi connectivity index (χ4v) is 2.10. The summed E-state index contributed by atoms with van der Waals surface area (Å²) in [5.74, 6) is 0.397. The Bertz CT molecular complexity index is 472. The zero-order chi connectivity index (χ0) is 13.3. The van der Waals surface area contributed by atoms with Gasteiger partial charge < -0.3 is 11.1 Å². The molecule has 0 radical (unpaired) electrons. The van der Waals surface area contributed by atoms with E-state index in [0.717, 1.165) is 17.8 Å². The summed E-state index contributed by atoms with van der Waals surface area (Å²) in [6.45, 7) is 5.53. The predicted octanol–water partition coefficient (Wildman–Crippen LogP) is 1.54. The molecule has 1 aliphatic heterocycles. The normalized spacial score (nSPS) is 13.7. The maximum atomic E-state index is 11.5. The van der Waals surface area contributed by atoms with Crippen molar-refractivity contribution in [3.63, 3.8) is 0 Å². The van der Waals surface area contributed by atoms with E-state index in [2.05, 4.69) is 19.2 Å². The molecule has 5 heteroatoms. The van der Waals surface area contributed by atoms with Crippen molar-refractivity contribution >= 4 is 17.3 Å². The standard InChI is InChI=1S/C13H19N3O2/c1-8(2)7-16(18-3)12-4-9-6-15-13(17)10(9)5-11(12)14/h4-5,8H,6-7,14H2,1-3H3,(H,15,17). The Hall–Kier alpha value is -1.75. The van der Waals surface area contributed by atoms with Gasteiger partial charge in [-0.1, -0.05) is 13.8 Å². The van der Waals surface area contributed by atoms with Crippen LogP contribution in [0.3, 0.4) is 0 Å². The molecule has 1 amide bonds. The van der Waals surface area contributed by atoms with Gasteiger partial charge in [-0.25, -0.2) is 0 Å². The molecule has 0 saturated carbocycles. The lowest BCUT2D eigenvalue weighted by atomic mass is 10.1. The first-order chi connectivity index (χ1) is 8.52. The van der Waals surface area contributed by atoms with Gasteiger partial charge in [0.2, 0.25) is 0 Å². The van der Waals surface area contributed by atoms with Gasteiger partial charge in [0.15, 0.2) is 0 Å². The number of nitrogens with zero attached hydrogens (tertiary/aromatic N) is 1. The van der Waals surface area contributed by atoms with Gasteiger partial charge in [-0.3, -0.25) is 14.7 Å². The van der Waals surface area contributed by atoms with E-state index in [1.165, 1.54) is 0 Å². The van der Waals surface area contributed by atoms with Crippen LogP contribution >= 0.6 is 0 Å². The molecule has 0 atom stereocenters. The van der Waals surface area contributed by atoms with Gasteiger partial charge in [-0.2, -0.15) is 0 Å². The fraction of sp³-hybridized carbons (Fsp3) is 0.462. The minimum atomic E-state index is -0.0592. The number of benzene rings is 1. The highest BCUT2D eigenvalue weighted by atomic mass is 16.7. The summed E-state index contributed by atoms with van der Waals surface area (Å²) in [7, 11) is 1.62. The van der Waals surface area contributed by atoms with E-state index in [1.807, 2.05) is 6.07 Å². The lowest BCUT2D eigenvalue weighted by Crippen LogP contribution is -2.27. The summed E-state index contributed by atoms with van der Waals surface area (Å²) in [6, 6.07) is 3.65. The van der Waals surface area contributed by atoms with Crippen molar-refractivity contribution in [3.8, 4) is 0 Å². The molecule has 0 spiro atoms. The highest BCUT2D eigenvalue weighted by Crippen LogP contribution is 2.30. The molecule has 0 bridgehead atoms. The molecule has 1 aromatic carbocycles. The summed E-state index contributed by atoms with van der Waals surface area (Å²) in [6.07, 6.45) is 0. The van der Waals surface area contributed by atoms with Crippen LogP contribution in [0.4, 0.5) is 11.4 Å². The number of fused-ring (bicyclic) bond motifs is 1. The Kier molecular flexibility index (Phi) is 3.43. The van der Waals surface area contributed by atoms with Crippen molar-refractivity contribution in [3.05, 3.63) is 23.3 Å². The number of carbonyl (C=O) groups is 1. The van der Waals surface area contributed by atoms with Crippen molar-refractivity contribution in [2.24, 2.45) is 5.92 Å². The molecule has 0 aromatic heterocycles. The van der Waals surface area contributed by atoms with Crippen molar-refractivity contribution < 1.29 is 9.63 Å². The number of carbonyl (C=O) groups excluding carboxylic acids is 1. The van der Waals surface area contributed by atoms with Crippen LogP contribution in [0.2, 0.25) is 0 Å². The van der Waals surface area contributed by atoms with E-state index in [9.17, 15) is 4.79 Å². The lowest BCUT2D eigenvalue weighted by molar-refractivity contribution is 0.0965. The van der Waals surface area contributed by atoms with Gasteiger partial charge in [0.05, 0.1) is 18.5 Å². The first kappa shape index (κ1) is 12.7. The Labute approximate surface area is 107 Å². The number of hydroxylamine groups is 1. The largest absolute Gasteiger partial charge is 0.397 e. The monoisotopic (exact) mass is 249 g/mol. The SMILES string of the molecule is CON(CC(C)C)c1cc2c(cc1N)C(=O)NC2. The number of rotatable bonds is 4. The minimum absolute atomic E-state index is 0.0592. The molecule has 18 heavy (non-hydrogen) atoms. The van der Waals surface area contributed by atoms with E-state index >= 15 is 0 Å². The Balaban J connectivity index is 2.36. The molecular weight excluding hydrogens is 230 g/mol. The van der Waals surface area contributed by atoms with Crippen LogP contribution in [0.5, 0.6) is 0 Å². The topological polar surface area (TPSA) is 67.6 Å². The summed E-state index contributed by atoms with van der Waals surface area (Å²) < 4.78 is 0. The second kappa shape index (κ2) is 4.86. The molecule has 0 aliphatic carbocycles. The first-order valence-corrected chi connectivity index (χ1v) is 6.05. The number of nitrogens with two attached hydrogens (primary N) is 1. The summed E-state index contributed by atoms with van der Waals surface area (Å²) in [4.78, 5) is 16.9. The second-order valence-electron chi connectivity index (χ2n) is 4.89. The molecule has 1 aromatic rings. The molecule has 98 valence electrons. The average molecular weight is 249 g/mol. The Morgan fingerprint density at radius 2 is 2.22 bits per heavy atom. The second-order valence-corrected chi connectivity index (χ2v) is 4.89. The number of hydrogen-bond acceptors (Lipinski definition) is 4. The van der Waals surface area contributed by atoms with Gasteiger partial charge in [-0.05, 0) is 23.6 Å². The van der Waals surface area contributed by atoms with E-state index in [0.29, 0.717) is 23.7 Å². The van der Waals surface area contributed by atoms with Crippen molar-refractivity contribution in [2.75, 3.05) is 24.5 Å². The number of amides is 1. The van der Waals surface area contributed by atoms with Crippen LogP contribution in [-0.4, -0.2) is 19.6 Å². The van der Waals surface area contributed by atoms with Gasteiger partial charge in [-0.15, -0.1) is 0 Å². The Morgan fingerprint density at radius 1 is 1.50 bits per heavy atom. The van der Waals surface area contributed by atoms with Crippen LogP contribution in [0.25, 0.3) is 0 Å². The highest BCUT2D eigenvalue weighted by molar-refractivity contribution is 6.00. The van der Waals surface area contributed by atoms with E-state index in [4.69, 9.17) is 10.6 Å². The van der Waals surface area contributed by atoms with Crippen molar-refractivity contribution in [1.82, 2.24) is 5.32 Å². The van der Waals surface area contributed by atoms with E-state index in [1.54, 1.807) is 18.2 Å². The smallest absolute Gasteiger partial charge is 0.251 e. The van der Waals surface area contributed by atoms with Gasteiger partial charge in [0.25, 0.3) is 5.91 Å². The molecule has 0 saturated heterocycles. The zero-order valence-corrected chi connectivity index (χ0v) is 11.0. The number of nitrogen functional groups attached to an aromatic ring is 1. The number of hydrogen-bond donors (Lipinski definition) is 2. The van der Waals surface area contributed by atoms with Crippen molar-refractivity contribution in [2.45, 2.75) is 20.4 Å². The molecule has 2 rings (SSSR count).